The van der Waals surface area contributed by atoms with Crippen LogP contribution in [0.15, 0.2) is 60.7 Å². The van der Waals surface area contributed by atoms with E-state index in [0.29, 0.717) is 18.4 Å². The van der Waals surface area contributed by atoms with Crippen molar-refractivity contribution in [2.24, 2.45) is 11.3 Å². The molecular formula is C29H36O6Si. The Kier molecular flexibility index (Phi) is 6.17. The Morgan fingerprint density at radius 1 is 1.06 bits per heavy atom. The van der Waals surface area contributed by atoms with E-state index in [-0.39, 0.29) is 36.2 Å². The standard InChI is InChI=1S/C29H36O6Si/c1-27(2,3)36(4,5)35-23-16-24-28(19-32-25(30)21-14-10-7-11-15-21)17-22(23)29(28,26(31)34-24)33-18-20-12-8-6-9-13-20/h6-15,22-24H,16-19H2,1-5H3/t22-,23+,24-,28-,29+/m1/s1. The van der Waals surface area contributed by atoms with Crippen LogP contribution in [0.5, 0.6) is 0 Å². The third kappa shape index (κ3) is 3.83. The number of hydrogen-bond acceptors (Lipinski definition) is 6. The Morgan fingerprint density at radius 2 is 1.69 bits per heavy atom. The zero-order valence-electron chi connectivity index (χ0n) is 21.8. The van der Waals surface area contributed by atoms with Crippen molar-refractivity contribution in [2.45, 2.75) is 76.2 Å². The lowest BCUT2D eigenvalue weighted by molar-refractivity contribution is -0.282. The molecule has 1 saturated heterocycles. The highest BCUT2D eigenvalue weighted by Crippen LogP contribution is 2.70. The first-order valence-electron chi connectivity index (χ1n) is 12.8. The zero-order chi connectivity index (χ0) is 25.8. The molecule has 36 heavy (non-hydrogen) atoms. The van der Waals surface area contributed by atoms with Gasteiger partial charge in [-0.2, -0.15) is 0 Å². The molecule has 4 fully saturated rings. The third-order valence-corrected chi connectivity index (χ3v) is 13.4. The van der Waals surface area contributed by atoms with Gasteiger partial charge in [0.2, 0.25) is 0 Å². The van der Waals surface area contributed by atoms with E-state index in [2.05, 4.69) is 33.9 Å². The van der Waals surface area contributed by atoms with E-state index in [1.54, 1.807) is 24.3 Å². The van der Waals surface area contributed by atoms with E-state index in [9.17, 15) is 9.59 Å². The first-order chi connectivity index (χ1) is 17.0. The molecule has 2 aromatic carbocycles. The summed E-state index contributed by atoms with van der Waals surface area (Å²) in [6.45, 7) is 11.5. The fraction of sp³-hybridized carbons (Fsp3) is 0.517. The van der Waals surface area contributed by atoms with Crippen LogP contribution in [0.4, 0.5) is 0 Å². The maximum Gasteiger partial charge on any atom is 0.340 e. The van der Waals surface area contributed by atoms with Gasteiger partial charge in [0, 0.05) is 12.3 Å². The van der Waals surface area contributed by atoms with Crippen LogP contribution in [0.2, 0.25) is 18.1 Å². The van der Waals surface area contributed by atoms with Crippen molar-refractivity contribution >= 4 is 20.3 Å². The summed E-state index contributed by atoms with van der Waals surface area (Å²) in [5, 5.41) is 0.0401. The maximum atomic E-state index is 13.5. The molecule has 3 saturated carbocycles. The summed E-state index contributed by atoms with van der Waals surface area (Å²) in [6, 6.07) is 18.7. The van der Waals surface area contributed by atoms with Gasteiger partial charge in [-0.25, -0.2) is 9.59 Å². The van der Waals surface area contributed by atoms with Crippen molar-refractivity contribution in [3.8, 4) is 0 Å². The summed E-state index contributed by atoms with van der Waals surface area (Å²) >= 11 is 0. The van der Waals surface area contributed by atoms with Crippen molar-refractivity contribution in [1.29, 1.82) is 0 Å². The minimum absolute atomic E-state index is 0.0401. The summed E-state index contributed by atoms with van der Waals surface area (Å²) in [5.41, 5.74) is -0.429. The van der Waals surface area contributed by atoms with Gasteiger partial charge < -0.3 is 18.6 Å². The van der Waals surface area contributed by atoms with E-state index in [1.165, 1.54) is 0 Å². The topological polar surface area (TPSA) is 71.1 Å². The van der Waals surface area contributed by atoms with Gasteiger partial charge >= 0.3 is 11.9 Å². The maximum absolute atomic E-state index is 13.5. The molecule has 0 N–H and O–H groups in total. The Balaban J connectivity index is 1.43. The third-order valence-electron chi connectivity index (χ3n) is 8.94. The second-order valence-electron chi connectivity index (χ2n) is 12.0. The van der Waals surface area contributed by atoms with Crippen LogP contribution >= 0.6 is 0 Å². The van der Waals surface area contributed by atoms with Crippen LogP contribution in [-0.2, 0) is 30.0 Å². The molecule has 6 nitrogen and oxygen atoms in total. The van der Waals surface area contributed by atoms with E-state index < -0.39 is 31.4 Å². The van der Waals surface area contributed by atoms with E-state index in [0.717, 1.165) is 5.56 Å². The SMILES string of the molecule is CC(C)(C)[Si](C)(C)O[C@H]1C[C@H]2OC(=O)[C@@]3(OCc4ccccc4)[C@@H]1C[C@@]23COC(=O)c1ccccc1. The zero-order valence-corrected chi connectivity index (χ0v) is 22.8. The summed E-state index contributed by atoms with van der Waals surface area (Å²) < 4.78 is 25.2. The van der Waals surface area contributed by atoms with Crippen LogP contribution < -0.4 is 0 Å². The van der Waals surface area contributed by atoms with Crippen molar-refractivity contribution in [1.82, 2.24) is 0 Å². The number of carbonyl (C=O) groups excluding carboxylic acids is 2. The molecule has 7 heteroatoms. The molecule has 192 valence electrons. The van der Waals surface area contributed by atoms with E-state index in [4.69, 9.17) is 18.6 Å². The van der Waals surface area contributed by atoms with Crippen LogP contribution in [0.3, 0.4) is 0 Å². The molecule has 0 aromatic heterocycles. The highest BCUT2D eigenvalue weighted by Gasteiger charge is 2.84. The van der Waals surface area contributed by atoms with Crippen LogP contribution in [0.1, 0.15) is 49.5 Å². The largest absolute Gasteiger partial charge is 0.461 e. The first kappa shape index (κ1) is 25.2. The molecular weight excluding hydrogens is 472 g/mol. The number of benzene rings is 2. The van der Waals surface area contributed by atoms with E-state index >= 15 is 0 Å². The highest BCUT2D eigenvalue weighted by molar-refractivity contribution is 6.74. The van der Waals surface area contributed by atoms with Gasteiger partial charge in [-0.3, -0.25) is 0 Å². The normalized spacial score (nSPS) is 30.9. The molecule has 0 amide bonds. The van der Waals surface area contributed by atoms with Crippen molar-refractivity contribution in [2.75, 3.05) is 6.61 Å². The van der Waals surface area contributed by atoms with Gasteiger partial charge in [0.25, 0.3) is 0 Å². The van der Waals surface area contributed by atoms with Gasteiger partial charge in [-0.1, -0.05) is 69.3 Å². The van der Waals surface area contributed by atoms with Gasteiger partial charge in [-0.05, 0) is 42.2 Å². The number of hydrogen-bond donors (Lipinski definition) is 0. The van der Waals surface area contributed by atoms with Gasteiger partial charge in [0.15, 0.2) is 13.9 Å². The lowest BCUT2D eigenvalue weighted by Gasteiger charge is -2.64. The average molecular weight is 509 g/mol. The van der Waals surface area contributed by atoms with Crippen molar-refractivity contribution < 1.29 is 28.2 Å². The van der Waals surface area contributed by atoms with Crippen molar-refractivity contribution in [3.05, 3.63) is 71.8 Å². The molecule has 1 aliphatic heterocycles. The summed E-state index contributed by atoms with van der Waals surface area (Å²) in [4.78, 5) is 26.3. The molecule has 1 heterocycles. The average Bonchev–Trinajstić information content (AvgIpc) is 2.93. The molecule has 0 unspecified atom stereocenters. The van der Waals surface area contributed by atoms with Crippen LogP contribution in [-0.4, -0.2) is 44.7 Å². The first-order valence-corrected chi connectivity index (χ1v) is 15.7. The fourth-order valence-corrected chi connectivity index (χ4v) is 7.27. The Morgan fingerprint density at radius 3 is 2.33 bits per heavy atom. The monoisotopic (exact) mass is 508 g/mol. The van der Waals surface area contributed by atoms with Crippen LogP contribution in [0.25, 0.3) is 0 Å². The summed E-state index contributed by atoms with van der Waals surface area (Å²) in [6.07, 6.45) is 0.718. The predicted octanol–water partition coefficient (Wildman–Crippen LogP) is 5.52. The Hall–Kier alpha value is -2.48. The molecule has 0 spiro atoms. The van der Waals surface area contributed by atoms with Crippen molar-refractivity contribution in [3.63, 3.8) is 0 Å². The predicted molar refractivity (Wildman–Crippen MR) is 138 cm³/mol. The Labute approximate surface area is 214 Å². The van der Waals surface area contributed by atoms with Crippen LogP contribution in [0, 0.1) is 11.3 Å². The quantitative estimate of drug-likeness (QED) is 0.345. The second-order valence-corrected chi connectivity index (χ2v) is 16.7. The molecule has 5 atom stereocenters. The smallest absolute Gasteiger partial charge is 0.340 e. The molecule has 4 bridgehead atoms. The number of fused-ring (bicyclic) bond motifs is 1. The number of ether oxygens (including phenoxy) is 3. The molecule has 3 aliphatic carbocycles. The number of rotatable bonds is 8. The summed E-state index contributed by atoms with van der Waals surface area (Å²) in [5.74, 6) is -0.896. The second kappa shape index (κ2) is 8.82. The molecule has 2 aromatic rings. The van der Waals surface area contributed by atoms with Gasteiger partial charge in [-0.15, -0.1) is 0 Å². The highest BCUT2D eigenvalue weighted by atomic mass is 28.4. The minimum atomic E-state index is -2.10. The molecule has 4 aliphatic rings. The minimum Gasteiger partial charge on any atom is -0.461 e. The number of carbonyl (C=O) groups is 2. The number of esters is 2. The lowest BCUT2D eigenvalue weighted by Crippen LogP contribution is -2.76. The Bertz CT molecular complexity index is 1130. The van der Waals surface area contributed by atoms with Gasteiger partial charge in [0.1, 0.15) is 12.7 Å². The lowest BCUT2D eigenvalue weighted by atomic mass is 9.43. The molecule has 6 rings (SSSR count). The fourth-order valence-electron chi connectivity index (χ4n) is 5.90. The van der Waals surface area contributed by atoms with Gasteiger partial charge in [0.05, 0.1) is 23.7 Å². The molecule has 0 radical (unpaired) electrons. The summed E-state index contributed by atoms with van der Waals surface area (Å²) in [7, 11) is -2.10. The van der Waals surface area contributed by atoms with E-state index in [1.807, 2.05) is 36.4 Å².